The number of anilines is 2. The van der Waals surface area contributed by atoms with Crippen LogP contribution >= 0.6 is 11.3 Å². The van der Waals surface area contributed by atoms with E-state index in [4.69, 9.17) is 4.74 Å². The fourth-order valence-corrected chi connectivity index (χ4v) is 3.13. The number of hydrogen-bond acceptors (Lipinski definition) is 9. The van der Waals surface area contributed by atoms with Gasteiger partial charge in [0, 0.05) is 6.07 Å². The molecule has 0 saturated carbocycles. The smallest absolute Gasteiger partial charge is 0.366 e. The topological polar surface area (TPSA) is 140 Å². The standard InChI is InChI=1S/C15H16N6O5S/c1-4-11-18-19-14(27-11)17-10(22)7-20-12-8(26-15(2,3)13(20)23)5-6-9(16-12)21(24)25/h5-6H,4,7H2,1-3H3,(H,17,19,22). The maximum absolute atomic E-state index is 12.7. The number of nitrogens with zero attached hydrogens (tertiary/aromatic N) is 5. The van der Waals surface area contributed by atoms with Gasteiger partial charge < -0.3 is 14.9 Å². The molecule has 0 aliphatic carbocycles. The fraction of sp³-hybridized carbons (Fsp3) is 0.400. The summed E-state index contributed by atoms with van der Waals surface area (Å²) in [6, 6.07) is 2.54. The van der Waals surface area contributed by atoms with E-state index in [0.717, 1.165) is 9.91 Å². The molecule has 0 saturated heterocycles. The highest BCUT2D eigenvalue weighted by molar-refractivity contribution is 7.15. The van der Waals surface area contributed by atoms with Crippen LogP contribution in [0.3, 0.4) is 0 Å². The summed E-state index contributed by atoms with van der Waals surface area (Å²) in [6.45, 7) is 4.61. The summed E-state index contributed by atoms with van der Waals surface area (Å²) in [4.78, 5) is 40.4. The Morgan fingerprint density at radius 1 is 1.41 bits per heavy atom. The molecule has 2 aromatic heterocycles. The van der Waals surface area contributed by atoms with Crippen molar-refractivity contribution in [3.05, 3.63) is 27.3 Å². The minimum absolute atomic E-state index is 0.0739. The minimum atomic E-state index is -1.25. The lowest BCUT2D eigenvalue weighted by molar-refractivity contribution is -0.389. The van der Waals surface area contributed by atoms with Crippen LogP contribution in [0.15, 0.2) is 12.1 Å². The summed E-state index contributed by atoms with van der Waals surface area (Å²) in [5, 5.41) is 22.4. The van der Waals surface area contributed by atoms with Gasteiger partial charge in [0.1, 0.15) is 11.6 Å². The number of aromatic nitrogens is 3. The molecule has 0 atom stereocenters. The molecule has 3 heterocycles. The highest BCUT2D eigenvalue weighted by atomic mass is 32.1. The maximum Gasteiger partial charge on any atom is 0.366 e. The van der Waals surface area contributed by atoms with E-state index in [1.165, 1.54) is 23.5 Å². The molecule has 1 N–H and O–H groups in total. The molecule has 2 amide bonds. The van der Waals surface area contributed by atoms with Crippen molar-refractivity contribution >= 4 is 39.9 Å². The first-order chi connectivity index (χ1) is 12.7. The molecule has 0 aromatic carbocycles. The van der Waals surface area contributed by atoms with E-state index in [-0.39, 0.29) is 11.6 Å². The van der Waals surface area contributed by atoms with Gasteiger partial charge >= 0.3 is 5.82 Å². The first-order valence-electron chi connectivity index (χ1n) is 8.00. The monoisotopic (exact) mass is 392 g/mol. The lowest BCUT2D eigenvalue weighted by Gasteiger charge is -2.35. The Morgan fingerprint density at radius 2 is 2.15 bits per heavy atom. The number of carbonyl (C=O) groups is 2. The zero-order valence-electron chi connectivity index (χ0n) is 14.8. The van der Waals surface area contributed by atoms with Crippen LogP contribution in [0.5, 0.6) is 5.75 Å². The van der Waals surface area contributed by atoms with E-state index in [9.17, 15) is 19.7 Å². The summed E-state index contributed by atoms with van der Waals surface area (Å²) in [5.74, 6) is -1.41. The molecule has 0 bridgehead atoms. The number of nitro groups is 1. The largest absolute Gasteiger partial charge is 0.472 e. The highest BCUT2D eigenvalue weighted by Crippen LogP contribution is 2.37. The van der Waals surface area contributed by atoms with Crippen LogP contribution in [0.1, 0.15) is 25.8 Å². The SMILES string of the molecule is CCc1nnc(NC(=O)CN2C(=O)C(C)(C)Oc3ccc([N+](=O)[O-])nc32)s1. The van der Waals surface area contributed by atoms with E-state index < -0.39 is 34.7 Å². The zero-order chi connectivity index (χ0) is 19.8. The third-order valence-corrected chi connectivity index (χ3v) is 4.69. The number of fused-ring (bicyclic) bond motifs is 1. The summed E-state index contributed by atoms with van der Waals surface area (Å²) in [5.41, 5.74) is -1.25. The molecular formula is C15H16N6O5S. The Labute approximate surface area is 157 Å². The first-order valence-corrected chi connectivity index (χ1v) is 8.81. The molecule has 0 spiro atoms. The van der Waals surface area contributed by atoms with Gasteiger partial charge in [-0.3, -0.25) is 19.8 Å². The van der Waals surface area contributed by atoms with Crippen molar-refractivity contribution in [1.29, 1.82) is 0 Å². The number of amides is 2. The molecular weight excluding hydrogens is 376 g/mol. The number of aryl methyl sites for hydroxylation is 1. The Balaban J connectivity index is 1.88. The van der Waals surface area contributed by atoms with Crippen LogP contribution < -0.4 is 15.0 Å². The third-order valence-electron chi connectivity index (χ3n) is 3.71. The van der Waals surface area contributed by atoms with Crippen LogP contribution in [-0.2, 0) is 16.0 Å². The average Bonchev–Trinajstić information content (AvgIpc) is 3.05. The first kappa shape index (κ1) is 18.6. The van der Waals surface area contributed by atoms with Gasteiger partial charge in [0.2, 0.25) is 11.0 Å². The van der Waals surface area contributed by atoms with Crippen molar-refractivity contribution in [3.63, 3.8) is 0 Å². The van der Waals surface area contributed by atoms with E-state index in [0.29, 0.717) is 11.6 Å². The number of ether oxygens (including phenoxy) is 1. The normalized spacial score (nSPS) is 15.1. The second-order valence-corrected chi connectivity index (χ2v) is 7.22. The highest BCUT2D eigenvalue weighted by Gasteiger charge is 2.45. The molecule has 1 aliphatic rings. The molecule has 11 nitrogen and oxygen atoms in total. The molecule has 3 rings (SSSR count). The number of rotatable bonds is 5. The second kappa shape index (κ2) is 6.87. The summed E-state index contributed by atoms with van der Waals surface area (Å²) in [6.07, 6.45) is 0.685. The van der Waals surface area contributed by atoms with Gasteiger partial charge in [-0.2, -0.15) is 0 Å². The van der Waals surface area contributed by atoms with Crippen LogP contribution in [0, 0.1) is 10.1 Å². The van der Waals surface area contributed by atoms with E-state index >= 15 is 0 Å². The van der Waals surface area contributed by atoms with Crippen molar-refractivity contribution in [1.82, 2.24) is 15.2 Å². The average molecular weight is 392 g/mol. The minimum Gasteiger partial charge on any atom is -0.472 e. The second-order valence-electron chi connectivity index (χ2n) is 6.15. The van der Waals surface area contributed by atoms with Gasteiger partial charge in [-0.05, 0) is 36.2 Å². The van der Waals surface area contributed by atoms with E-state index in [2.05, 4.69) is 20.5 Å². The third kappa shape index (κ3) is 3.69. The van der Waals surface area contributed by atoms with Crippen molar-refractivity contribution in [2.24, 2.45) is 0 Å². The Hall–Kier alpha value is -3.15. The van der Waals surface area contributed by atoms with Crippen LogP contribution in [0.2, 0.25) is 0 Å². The fourth-order valence-electron chi connectivity index (χ4n) is 2.44. The lowest BCUT2D eigenvalue weighted by atomic mass is 10.1. The van der Waals surface area contributed by atoms with Crippen LogP contribution in [0.4, 0.5) is 16.8 Å². The molecule has 0 unspecified atom stereocenters. The lowest BCUT2D eigenvalue weighted by Crippen LogP contribution is -2.54. The molecule has 1 aliphatic heterocycles. The quantitative estimate of drug-likeness (QED) is 0.597. The summed E-state index contributed by atoms with van der Waals surface area (Å²) in [7, 11) is 0. The number of nitrogens with one attached hydrogen (secondary N) is 1. The maximum atomic E-state index is 12.7. The van der Waals surface area contributed by atoms with Gasteiger partial charge in [-0.15, -0.1) is 10.2 Å². The molecule has 12 heteroatoms. The number of hydrogen-bond donors (Lipinski definition) is 1. The van der Waals surface area contributed by atoms with E-state index in [1.807, 2.05) is 6.92 Å². The van der Waals surface area contributed by atoms with Crippen LogP contribution in [-0.4, -0.2) is 44.1 Å². The number of pyridine rings is 1. The molecule has 142 valence electrons. The molecule has 0 fully saturated rings. The Morgan fingerprint density at radius 3 is 2.78 bits per heavy atom. The Bertz CT molecular complexity index is 927. The van der Waals surface area contributed by atoms with Crippen molar-refractivity contribution in [2.75, 3.05) is 16.8 Å². The van der Waals surface area contributed by atoms with Crippen LogP contribution in [0.25, 0.3) is 0 Å². The van der Waals surface area contributed by atoms with Gasteiger partial charge in [0.15, 0.2) is 11.4 Å². The van der Waals surface area contributed by atoms with Crippen molar-refractivity contribution < 1.29 is 19.2 Å². The summed E-state index contributed by atoms with van der Waals surface area (Å²) < 4.78 is 5.59. The molecule has 2 aromatic rings. The van der Waals surface area contributed by atoms with Gasteiger partial charge in [0.25, 0.3) is 11.7 Å². The molecule has 27 heavy (non-hydrogen) atoms. The van der Waals surface area contributed by atoms with E-state index in [1.54, 1.807) is 13.8 Å². The van der Waals surface area contributed by atoms with Gasteiger partial charge in [-0.1, -0.05) is 18.3 Å². The Kier molecular flexibility index (Phi) is 4.74. The zero-order valence-corrected chi connectivity index (χ0v) is 15.6. The van der Waals surface area contributed by atoms with Crippen molar-refractivity contribution in [3.8, 4) is 5.75 Å². The number of carbonyl (C=O) groups excluding carboxylic acids is 2. The van der Waals surface area contributed by atoms with Crippen molar-refractivity contribution in [2.45, 2.75) is 32.8 Å². The predicted molar refractivity (Wildman–Crippen MR) is 95.9 cm³/mol. The summed E-state index contributed by atoms with van der Waals surface area (Å²) >= 11 is 1.23. The van der Waals surface area contributed by atoms with Gasteiger partial charge in [0.05, 0.1) is 0 Å². The predicted octanol–water partition coefficient (Wildman–Crippen LogP) is 1.55. The molecule has 0 radical (unpaired) electrons. The van der Waals surface area contributed by atoms with Gasteiger partial charge in [-0.25, -0.2) is 0 Å².